The van der Waals surface area contributed by atoms with Gasteiger partial charge in [0, 0.05) is 24.4 Å². The second-order valence-corrected chi connectivity index (χ2v) is 6.48. The zero-order chi connectivity index (χ0) is 15.0. The maximum atomic E-state index is 12.7. The Balaban J connectivity index is 1.95. The van der Waals surface area contributed by atoms with Crippen molar-refractivity contribution in [2.45, 2.75) is 24.8 Å². The van der Waals surface area contributed by atoms with Gasteiger partial charge in [-0.1, -0.05) is 12.1 Å². The lowest BCUT2D eigenvalue weighted by Crippen LogP contribution is -2.13. The number of rotatable bonds is 3. The SMILES string of the molecule is Cc1ccnc(C[S+]([O-])c2nc3ccccc3n2C)c1C. The lowest BCUT2D eigenvalue weighted by Gasteiger charge is -2.11. The van der Waals surface area contributed by atoms with Crippen molar-refractivity contribution in [3.63, 3.8) is 0 Å². The van der Waals surface area contributed by atoms with E-state index in [1.807, 2.05) is 55.8 Å². The van der Waals surface area contributed by atoms with E-state index >= 15 is 0 Å². The number of benzene rings is 1. The van der Waals surface area contributed by atoms with Gasteiger partial charge in [-0.15, -0.1) is 0 Å². The lowest BCUT2D eigenvalue weighted by molar-refractivity contribution is 0.578. The topological polar surface area (TPSA) is 53.8 Å². The van der Waals surface area contributed by atoms with E-state index < -0.39 is 11.2 Å². The molecule has 0 amide bonds. The largest absolute Gasteiger partial charge is 0.609 e. The Bertz CT molecular complexity index is 797. The predicted molar refractivity (Wildman–Crippen MR) is 84.5 cm³/mol. The van der Waals surface area contributed by atoms with E-state index in [-0.39, 0.29) is 0 Å². The summed E-state index contributed by atoms with van der Waals surface area (Å²) in [5, 5.41) is 0.596. The van der Waals surface area contributed by atoms with Crippen LogP contribution in [0.5, 0.6) is 0 Å². The van der Waals surface area contributed by atoms with Gasteiger partial charge >= 0.3 is 5.16 Å². The zero-order valence-electron chi connectivity index (χ0n) is 12.3. The van der Waals surface area contributed by atoms with Crippen molar-refractivity contribution in [3.8, 4) is 0 Å². The number of hydrogen-bond acceptors (Lipinski definition) is 3. The fourth-order valence-corrected chi connectivity index (χ4v) is 3.62. The molecule has 0 aliphatic rings. The molecule has 0 aliphatic heterocycles. The first-order chi connectivity index (χ1) is 10.1. The van der Waals surface area contributed by atoms with Crippen molar-refractivity contribution in [1.82, 2.24) is 14.5 Å². The van der Waals surface area contributed by atoms with Crippen LogP contribution in [0.2, 0.25) is 0 Å². The average molecular weight is 299 g/mol. The van der Waals surface area contributed by atoms with Crippen LogP contribution in [0.15, 0.2) is 41.7 Å². The Labute approximate surface area is 127 Å². The zero-order valence-corrected chi connectivity index (χ0v) is 13.1. The minimum Gasteiger partial charge on any atom is -0.609 e. The summed E-state index contributed by atoms with van der Waals surface area (Å²) in [5.74, 6) is 0.394. The van der Waals surface area contributed by atoms with Gasteiger partial charge in [0.05, 0.1) is 16.7 Å². The molecule has 1 atom stereocenters. The first kappa shape index (κ1) is 14.1. The highest BCUT2D eigenvalue weighted by Gasteiger charge is 2.22. The van der Waals surface area contributed by atoms with E-state index in [1.165, 1.54) is 5.56 Å². The smallest absolute Gasteiger partial charge is 0.324 e. The number of imidazole rings is 1. The van der Waals surface area contributed by atoms with Crippen molar-refractivity contribution in [2.75, 3.05) is 0 Å². The molecule has 0 bridgehead atoms. The molecule has 0 fully saturated rings. The summed E-state index contributed by atoms with van der Waals surface area (Å²) >= 11 is -1.21. The summed E-state index contributed by atoms with van der Waals surface area (Å²) in [5.41, 5.74) is 5.01. The molecule has 0 saturated heterocycles. The summed E-state index contributed by atoms with van der Waals surface area (Å²) < 4.78 is 14.6. The summed E-state index contributed by atoms with van der Waals surface area (Å²) in [6, 6.07) is 9.79. The van der Waals surface area contributed by atoms with Crippen molar-refractivity contribution >= 4 is 22.2 Å². The maximum Gasteiger partial charge on any atom is 0.324 e. The molecule has 3 aromatic rings. The van der Waals surface area contributed by atoms with E-state index in [4.69, 9.17) is 0 Å². The molecule has 21 heavy (non-hydrogen) atoms. The maximum absolute atomic E-state index is 12.7. The Morgan fingerprint density at radius 2 is 1.95 bits per heavy atom. The number of hydrogen-bond donors (Lipinski definition) is 0. The Kier molecular flexibility index (Phi) is 3.69. The summed E-state index contributed by atoms with van der Waals surface area (Å²) in [6.45, 7) is 4.06. The second-order valence-electron chi connectivity index (χ2n) is 5.13. The van der Waals surface area contributed by atoms with E-state index in [0.29, 0.717) is 10.9 Å². The molecule has 1 unspecified atom stereocenters. The molecule has 4 nitrogen and oxygen atoms in total. The number of nitrogens with zero attached hydrogens (tertiary/aromatic N) is 3. The lowest BCUT2D eigenvalue weighted by atomic mass is 10.1. The molecule has 5 heteroatoms. The normalized spacial score (nSPS) is 12.8. The number of para-hydroxylation sites is 2. The minimum absolute atomic E-state index is 0.394. The molecule has 1 aromatic carbocycles. The quantitative estimate of drug-likeness (QED) is 0.699. The number of aromatic nitrogens is 3. The van der Waals surface area contributed by atoms with Crippen LogP contribution in [0.4, 0.5) is 0 Å². The molecule has 2 heterocycles. The third-order valence-electron chi connectivity index (χ3n) is 3.80. The molecule has 2 aromatic heterocycles. The molecule has 0 N–H and O–H groups in total. The molecule has 0 spiro atoms. The first-order valence-electron chi connectivity index (χ1n) is 6.79. The molecule has 108 valence electrons. The van der Waals surface area contributed by atoms with Crippen LogP contribution in [0.3, 0.4) is 0 Å². The van der Waals surface area contributed by atoms with Gasteiger partial charge < -0.3 is 4.55 Å². The highest BCUT2D eigenvalue weighted by molar-refractivity contribution is 7.90. The summed E-state index contributed by atoms with van der Waals surface area (Å²) in [6.07, 6.45) is 1.77. The van der Waals surface area contributed by atoms with Crippen molar-refractivity contribution in [2.24, 2.45) is 7.05 Å². The van der Waals surface area contributed by atoms with Crippen molar-refractivity contribution in [3.05, 3.63) is 53.3 Å². The van der Waals surface area contributed by atoms with E-state index in [1.54, 1.807) is 6.20 Å². The third-order valence-corrected chi connectivity index (χ3v) is 5.10. The Morgan fingerprint density at radius 3 is 2.71 bits per heavy atom. The minimum atomic E-state index is -1.21. The molecule has 0 aliphatic carbocycles. The molecular weight excluding hydrogens is 282 g/mol. The Hall–Kier alpha value is -1.85. The first-order valence-corrected chi connectivity index (χ1v) is 8.10. The van der Waals surface area contributed by atoms with Crippen LogP contribution in [0, 0.1) is 13.8 Å². The second kappa shape index (κ2) is 5.50. The van der Waals surface area contributed by atoms with Gasteiger partial charge in [-0.25, -0.2) is 0 Å². The monoisotopic (exact) mass is 299 g/mol. The van der Waals surface area contributed by atoms with Gasteiger partial charge in [0.2, 0.25) is 0 Å². The number of aryl methyl sites for hydroxylation is 2. The fraction of sp³-hybridized carbons (Fsp3) is 0.250. The van der Waals surface area contributed by atoms with Gasteiger partial charge in [0.25, 0.3) is 0 Å². The van der Waals surface area contributed by atoms with E-state index in [9.17, 15) is 4.55 Å². The van der Waals surface area contributed by atoms with Crippen LogP contribution in [-0.2, 0) is 24.0 Å². The van der Waals surface area contributed by atoms with Gasteiger partial charge in [-0.2, -0.15) is 4.98 Å². The van der Waals surface area contributed by atoms with Gasteiger partial charge in [0.15, 0.2) is 5.75 Å². The number of pyridine rings is 1. The summed E-state index contributed by atoms with van der Waals surface area (Å²) in [4.78, 5) is 8.85. The van der Waals surface area contributed by atoms with E-state index in [0.717, 1.165) is 22.3 Å². The van der Waals surface area contributed by atoms with Crippen LogP contribution < -0.4 is 0 Å². The predicted octanol–water partition coefficient (Wildman–Crippen LogP) is 2.89. The standard InChI is InChI=1S/C16H17N3OS/c1-11-8-9-17-14(12(11)2)10-21(20)16-18-13-6-4-5-7-15(13)19(16)3/h4-9H,10H2,1-3H3. The van der Waals surface area contributed by atoms with Crippen molar-refractivity contribution in [1.29, 1.82) is 0 Å². The number of fused-ring (bicyclic) bond motifs is 1. The third kappa shape index (κ3) is 2.54. The van der Waals surface area contributed by atoms with Crippen LogP contribution >= 0.6 is 0 Å². The molecular formula is C16H17N3OS. The highest BCUT2D eigenvalue weighted by Crippen LogP contribution is 2.22. The van der Waals surface area contributed by atoms with Gasteiger partial charge in [-0.05, 0) is 43.2 Å². The fourth-order valence-electron chi connectivity index (χ4n) is 2.35. The molecule has 3 rings (SSSR count). The highest BCUT2D eigenvalue weighted by atomic mass is 32.2. The Morgan fingerprint density at radius 1 is 1.19 bits per heavy atom. The van der Waals surface area contributed by atoms with Crippen LogP contribution in [0.1, 0.15) is 16.8 Å². The van der Waals surface area contributed by atoms with Gasteiger partial charge in [0.1, 0.15) is 0 Å². The summed E-state index contributed by atoms with van der Waals surface area (Å²) in [7, 11) is 1.90. The van der Waals surface area contributed by atoms with Crippen LogP contribution in [0.25, 0.3) is 11.0 Å². The van der Waals surface area contributed by atoms with Crippen LogP contribution in [-0.4, -0.2) is 19.1 Å². The molecule has 0 radical (unpaired) electrons. The molecule has 0 saturated carbocycles. The van der Waals surface area contributed by atoms with E-state index in [2.05, 4.69) is 9.97 Å². The van der Waals surface area contributed by atoms with Crippen molar-refractivity contribution < 1.29 is 4.55 Å². The average Bonchev–Trinajstić information content (AvgIpc) is 2.82. The van der Waals surface area contributed by atoms with Gasteiger partial charge in [-0.3, -0.25) is 9.55 Å².